The van der Waals surface area contributed by atoms with Crippen molar-refractivity contribution in [1.29, 1.82) is 0 Å². The number of hydrogen-bond donors (Lipinski definition) is 2. The molecule has 1 unspecified atom stereocenters. The van der Waals surface area contributed by atoms with Crippen LogP contribution in [0.15, 0.2) is 0 Å². The Hall–Kier alpha value is -2.51. The molecule has 1 fully saturated rings. The number of carbonyl (C=O) groups excluding carboxylic acids is 4. The molecule has 0 bridgehead atoms. The van der Waals surface area contributed by atoms with E-state index >= 15 is 0 Å². The quantitative estimate of drug-likeness (QED) is 0.253. The number of thiocarbonyl (C=S) groups is 1. The van der Waals surface area contributed by atoms with Crippen LogP contribution in [-0.4, -0.2) is 84.1 Å². The Labute approximate surface area is 190 Å². The number of rotatable bonds is 9. The van der Waals surface area contributed by atoms with Gasteiger partial charge in [-0.15, -0.1) is 0 Å². The number of carbonyl (C=O) groups is 4. The lowest BCUT2D eigenvalue weighted by atomic mass is 9.97. The van der Waals surface area contributed by atoms with E-state index in [1.807, 2.05) is 0 Å². The van der Waals surface area contributed by atoms with Crippen molar-refractivity contribution in [2.75, 3.05) is 13.2 Å². The zero-order valence-corrected chi connectivity index (χ0v) is 19.3. The second-order valence-corrected chi connectivity index (χ2v) is 7.30. The summed E-state index contributed by atoms with van der Waals surface area (Å²) >= 11 is 5.09. The molecule has 6 atom stereocenters. The van der Waals surface area contributed by atoms with Crippen LogP contribution in [0.4, 0.5) is 0 Å². The van der Waals surface area contributed by atoms with Gasteiger partial charge in [-0.1, -0.05) is 6.92 Å². The minimum atomic E-state index is -1.32. The lowest BCUT2D eigenvalue weighted by molar-refractivity contribution is -0.255. The predicted octanol–water partition coefficient (Wildman–Crippen LogP) is -0.268. The molecule has 0 aromatic rings. The summed E-state index contributed by atoms with van der Waals surface area (Å²) in [7, 11) is 0. The van der Waals surface area contributed by atoms with Gasteiger partial charge in [-0.05, 0) is 18.6 Å². The minimum absolute atomic E-state index is 0.104. The Kier molecular flexibility index (Phi) is 11.3. The topological polar surface area (TPSA) is 156 Å². The number of hydrogen-bond acceptors (Lipinski definition) is 12. The molecule has 13 heteroatoms. The van der Waals surface area contributed by atoms with E-state index in [-0.39, 0.29) is 18.4 Å². The van der Waals surface area contributed by atoms with E-state index in [9.17, 15) is 24.3 Å². The van der Waals surface area contributed by atoms with Gasteiger partial charge >= 0.3 is 23.9 Å². The lowest BCUT2D eigenvalue weighted by Crippen LogP contribution is -2.66. The fourth-order valence-electron chi connectivity index (χ4n) is 2.79. The minimum Gasteiger partial charge on any atom is -0.468 e. The molecule has 32 heavy (non-hydrogen) atoms. The summed E-state index contributed by atoms with van der Waals surface area (Å²) in [6.45, 7) is 5.83. The van der Waals surface area contributed by atoms with Crippen molar-refractivity contribution < 1.29 is 52.7 Å². The van der Waals surface area contributed by atoms with Gasteiger partial charge < -0.3 is 38.8 Å². The van der Waals surface area contributed by atoms with Gasteiger partial charge in [-0.2, -0.15) is 0 Å². The number of aliphatic hydroxyl groups is 1. The van der Waals surface area contributed by atoms with Crippen molar-refractivity contribution in [3.05, 3.63) is 0 Å². The first-order valence-corrected chi connectivity index (χ1v) is 10.3. The molecule has 0 amide bonds. The van der Waals surface area contributed by atoms with Gasteiger partial charge in [0, 0.05) is 27.7 Å². The zero-order chi connectivity index (χ0) is 24.4. The van der Waals surface area contributed by atoms with Crippen LogP contribution >= 0.6 is 12.2 Å². The van der Waals surface area contributed by atoms with Crippen molar-refractivity contribution in [1.82, 2.24) is 5.32 Å². The highest BCUT2D eigenvalue weighted by molar-refractivity contribution is 7.80. The van der Waals surface area contributed by atoms with Crippen molar-refractivity contribution >= 4 is 41.3 Å². The molecule has 0 aromatic heterocycles. The largest absolute Gasteiger partial charge is 0.468 e. The predicted molar refractivity (Wildman–Crippen MR) is 110 cm³/mol. The average molecular weight is 480 g/mol. The van der Waals surface area contributed by atoms with Gasteiger partial charge in [0.1, 0.15) is 19.3 Å². The molecule has 0 aliphatic carbocycles. The average Bonchev–Trinajstić information content (AvgIpc) is 2.68. The number of nitrogens with one attached hydrogen (secondary N) is 1. The molecule has 1 rings (SSSR count). The van der Waals surface area contributed by atoms with Crippen LogP contribution in [-0.2, 0) is 47.6 Å². The molecule has 1 aliphatic heterocycles. The molecule has 1 saturated heterocycles. The van der Waals surface area contributed by atoms with E-state index in [2.05, 4.69) is 5.32 Å². The third kappa shape index (κ3) is 9.32. The molecule has 12 nitrogen and oxygen atoms in total. The van der Waals surface area contributed by atoms with Gasteiger partial charge in [0.2, 0.25) is 0 Å². The smallest absolute Gasteiger partial charge is 0.303 e. The maximum Gasteiger partial charge on any atom is 0.303 e. The fraction of sp³-hybridized carbons (Fsp3) is 0.737. The normalized spacial score (nSPS) is 25.6. The molecule has 0 saturated carbocycles. The summed E-state index contributed by atoms with van der Waals surface area (Å²) in [5.41, 5.74) is 0. The molecule has 2 N–H and O–H groups in total. The van der Waals surface area contributed by atoms with E-state index < -0.39 is 60.6 Å². The molecular weight excluding hydrogens is 450 g/mol. The Balaban J connectivity index is 3.23. The monoisotopic (exact) mass is 479 g/mol. The standard InChI is InChI=1S/C19H29NO11S/c1-6-13(25)7-27-19(32)20-18-17(30-12(5)24)16(29-11(4)23)15(28-10(3)22)14(31-18)8-26-9(2)21/h13-18,25H,6-8H2,1-5H3,(H,20,32)/t13?,14-,15-,16+,17-,18-/m1/s1. The Morgan fingerprint density at radius 2 is 1.44 bits per heavy atom. The maximum atomic E-state index is 11.8. The van der Waals surface area contributed by atoms with Crippen LogP contribution < -0.4 is 5.32 Å². The zero-order valence-electron chi connectivity index (χ0n) is 18.5. The van der Waals surface area contributed by atoms with Gasteiger partial charge in [0.05, 0.1) is 6.10 Å². The van der Waals surface area contributed by atoms with Gasteiger partial charge in [-0.25, -0.2) is 0 Å². The first kappa shape index (κ1) is 27.5. The lowest BCUT2D eigenvalue weighted by Gasteiger charge is -2.44. The summed E-state index contributed by atoms with van der Waals surface area (Å²) in [6, 6.07) is 0. The van der Waals surface area contributed by atoms with Crippen LogP contribution in [0.1, 0.15) is 41.0 Å². The first-order valence-electron chi connectivity index (χ1n) is 9.86. The molecule has 0 radical (unpaired) electrons. The van der Waals surface area contributed by atoms with E-state index in [0.717, 1.165) is 20.8 Å². The van der Waals surface area contributed by atoms with Crippen LogP contribution in [0, 0.1) is 0 Å². The fourth-order valence-corrected chi connectivity index (χ4v) is 2.98. The Morgan fingerprint density at radius 1 is 0.906 bits per heavy atom. The van der Waals surface area contributed by atoms with E-state index in [1.165, 1.54) is 6.92 Å². The molecule has 0 spiro atoms. The summed E-state index contributed by atoms with van der Waals surface area (Å²) < 4.78 is 31.9. The van der Waals surface area contributed by atoms with Crippen molar-refractivity contribution in [2.45, 2.75) is 77.8 Å². The van der Waals surface area contributed by atoms with Gasteiger partial charge in [0.15, 0.2) is 24.5 Å². The van der Waals surface area contributed by atoms with Crippen LogP contribution in [0.25, 0.3) is 0 Å². The molecule has 1 heterocycles. The van der Waals surface area contributed by atoms with E-state index in [1.54, 1.807) is 6.92 Å². The summed E-state index contributed by atoms with van der Waals surface area (Å²) in [5, 5.41) is 12.1. The van der Waals surface area contributed by atoms with Crippen molar-refractivity contribution in [3.8, 4) is 0 Å². The van der Waals surface area contributed by atoms with Gasteiger partial charge in [-0.3, -0.25) is 19.2 Å². The van der Waals surface area contributed by atoms with Crippen molar-refractivity contribution in [3.63, 3.8) is 0 Å². The summed E-state index contributed by atoms with van der Waals surface area (Å²) in [6.07, 6.45) is -6.58. The molecule has 1 aliphatic rings. The van der Waals surface area contributed by atoms with Gasteiger partial charge in [0.25, 0.3) is 5.17 Å². The number of esters is 4. The highest BCUT2D eigenvalue weighted by Crippen LogP contribution is 2.28. The van der Waals surface area contributed by atoms with Crippen LogP contribution in [0.5, 0.6) is 0 Å². The van der Waals surface area contributed by atoms with Crippen molar-refractivity contribution in [2.24, 2.45) is 0 Å². The Bertz CT molecular complexity index is 701. The van der Waals surface area contributed by atoms with E-state index in [4.69, 9.17) is 40.6 Å². The Morgan fingerprint density at radius 3 is 1.94 bits per heavy atom. The number of aliphatic hydroxyl groups excluding tert-OH is 1. The molecule has 0 aromatic carbocycles. The summed E-state index contributed by atoms with van der Waals surface area (Å²) in [4.78, 5) is 46.5. The third-order valence-electron chi connectivity index (χ3n) is 4.13. The molecular formula is C19H29NO11S. The summed E-state index contributed by atoms with van der Waals surface area (Å²) in [5.74, 6) is -2.85. The van der Waals surface area contributed by atoms with Crippen LogP contribution in [0.3, 0.4) is 0 Å². The third-order valence-corrected chi connectivity index (χ3v) is 4.36. The second-order valence-electron chi connectivity index (χ2n) is 6.92. The van der Waals surface area contributed by atoms with E-state index in [0.29, 0.717) is 6.42 Å². The highest BCUT2D eigenvalue weighted by Gasteiger charge is 2.52. The SMILES string of the molecule is CCC(O)COC(=S)N[C@@H]1O[C@H](COC(C)=O)[C@@H](OC(C)=O)[C@H](OC(C)=O)[C@H]1OC(C)=O. The first-order chi connectivity index (χ1) is 14.9. The van der Waals surface area contributed by atoms with Crippen LogP contribution in [0.2, 0.25) is 0 Å². The molecule has 182 valence electrons. The highest BCUT2D eigenvalue weighted by atomic mass is 32.1. The second kappa shape index (κ2) is 13.1. The maximum absolute atomic E-state index is 11.8. The number of ether oxygens (including phenoxy) is 6.